The van der Waals surface area contributed by atoms with E-state index in [1.165, 1.54) is 19.1 Å². The number of hydrogen-bond donors (Lipinski definition) is 1. The average Bonchev–Trinajstić information content (AvgIpc) is 3.17. The molecule has 4 rings (SSSR count). The van der Waals surface area contributed by atoms with Crippen molar-refractivity contribution in [2.75, 3.05) is 20.2 Å². The van der Waals surface area contributed by atoms with Crippen LogP contribution < -0.4 is 9.47 Å². The third-order valence-electron chi connectivity index (χ3n) is 6.90. The minimum atomic E-state index is -4.40. The van der Waals surface area contributed by atoms with Crippen LogP contribution in [-0.2, 0) is 23.9 Å². The summed E-state index contributed by atoms with van der Waals surface area (Å²) in [5, 5.41) is 9.85. The van der Waals surface area contributed by atoms with Gasteiger partial charge >= 0.3 is 18.2 Å². The molecule has 1 aliphatic rings. The fourth-order valence-corrected chi connectivity index (χ4v) is 4.62. The maximum atomic E-state index is 12.8. The van der Waals surface area contributed by atoms with Gasteiger partial charge in [0.25, 0.3) is 0 Å². The second-order valence-corrected chi connectivity index (χ2v) is 10.0. The Hall–Kier alpha value is -4.21. The summed E-state index contributed by atoms with van der Waals surface area (Å²) in [5.41, 5.74) is -0.859. The zero-order chi connectivity index (χ0) is 28.9. The first kappa shape index (κ1) is 28.8. The Labute approximate surface area is 230 Å². The highest BCUT2D eigenvalue weighted by Crippen LogP contribution is 2.30. The number of nitrogens with zero attached hydrogens (tertiary/aromatic N) is 2. The van der Waals surface area contributed by atoms with Crippen LogP contribution >= 0.6 is 0 Å². The van der Waals surface area contributed by atoms with Crippen LogP contribution in [0.15, 0.2) is 78.9 Å². The van der Waals surface area contributed by atoms with Gasteiger partial charge in [-0.2, -0.15) is 13.2 Å². The molecular weight excluding hydrogens is 525 g/mol. The molecular formula is C30H31F3N2O5. The number of urea groups is 1. The maximum Gasteiger partial charge on any atom is 0.416 e. The molecule has 0 radical (unpaired) electrons. The van der Waals surface area contributed by atoms with E-state index < -0.39 is 23.3 Å². The molecule has 0 spiro atoms. The Morgan fingerprint density at radius 3 is 2.30 bits per heavy atom. The van der Waals surface area contributed by atoms with Crippen LogP contribution in [0.1, 0.15) is 30.0 Å². The van der Waals surface area contributed by atoms with Gasteiger partial charge < -0.3 is 24.4 Å². The monoisotopic (exact) mass is 556 g/mol. The van der Waals surface area contributed by atoms with Gasteiger partial charge in [-0.05, 0) is 54.4 Å². The lowest BCUT2D eigenvalue weighted by Crippen LogP contribution is -2.43. The number of carbonyl (C=O) groups is 2. The Bertz CT molecular complexity index is 1320. The fraction of sp³-hybridized carbons (Fsp3) is 0.333. The van der Waals surface area contributed by atoms with Gasteiger partial charge in [0, 0.05) is 33.0 Å². The van der Waals surface area contributed by atoms with E-state index in [4.69, 9.17) is 9.47 Å². The molecule has 1 aliphatic heterocycles. The molecule has 2 atom stereocenters. The molecule has 2 amide bonds. The number of likely N-dealkylation sites (N-methyl/N-ethyl adjacent to an activating group) is 1. The number of carboxylic acid groups (broad SMARTS) is 1. The standard InChI is InChI=1S/C30H31F3N2O5/c1-29(27(36)37,40-25-8-4-3-5-9-25)18-22-7-6-10-26(17-22)39-16-15-24-20-35(28(38)34(24)2)19-21-11-13-23(14-12-21)30(31,32)33/h3-14,17,24H,15-16,18-20H2,1-2H3,(H,36,37). The van der Waals surface area contributed by atoms with Crippen LogP contribution in [0.3, 0.4) is 0 Å². The predicted molar refractivity (Wildman–Crippen MR) is 142 cm³/mol. The third kappa shape index (κ3) is 7.05. The van der Waals surface area contributed by atoms with Gasteiger partial charge in [-0.15, -0.1) is 0 Å². The molecule has 0 aliphatic carbocycles. The Morgan fingerprint density at radius 2 is 1.65 bits per heavy atom. The number of carbonyl (C=O) groups excluding carboxylic acids is 1. The number of hydrogen-bond acceptors (Lipinski definition) is 4. The topological polar surface area (TPSA) is 79.3 Å². The molecule has 2 unspecified atom stereocenters. The van der Waals surface area contributed by atoms with Crippen molar-refractivity contribution < 1.29 is 37.3 Å². The van der Waals surface area contributed by atoms with E-state index in [0.29, 0.717) is 36.6 Å². The van der Waals surface area contributed by atoms with Crippen molar-refractivity contribution in [2.45, 2.75) is 44.1 Å². The van der Waals surface area contributed by atoms with Gasteiger partial charge in [-0.25, -0.2) is 9.59 Å². The van der Waals surface area contributed by atoms with Crippen molar-refractivity contribution in [1.29, 1.82) is 0 Å². The van der Waals surface area contributed by atoms with Gasteiger partial charge in [0.2, 0.25) is 5.60 Å². The largest absolute Gasteiger partial charge is 0.494 e. The van der Waals surface area contributed by atoms with E-state index >= 15 is 0 Å². The minimum Gasteiger partial charge on any atom is -0.494 e. The summed E-state index contributed by atoms with van der Waals surface area (Å²) in [5.74, 6) is -0.0570. The summed E-state index contributed by atoms with van der Waals surface area (Å²) in [6.45, 7) is 2.48. The van der Waals surface area contributed by atoms with Crippen LogP contribution in [0.5, 0.6) is 11.5 Å². The lowest BCUT2D eigenvalue weighted by atomic mass is 9.96. The molecule has 1 fully saturated rings. The average molecular weight is 557 g/mol. The van der Waals surface area contributed by atoms with Crippen molar-refractivity contribution >= 4 is 12.0 Å². The van der Waals surface area contributed by atoms with Gasteiger partial charge in [0.15, 0.2) is 0 Å². The van der Waals surface area contributed by atoms with Gasteiger partial charge in [0.05, 0.1) is 18.2 Å². The van der Waals surface area contributed by atoms with Crippen molar-refractivity contribution in [3.8, 4) is 11.5 Å². The van der Waals surface area contributed by atoms with Gasteiger partial charge in [-0.3, -0.25) is 0 Å². The molecule has 7 nitrogen and oxygen atoms in total. The second-order valence-electron chi connectivity index (χ2n) is 10.0. The zero-order valence-electron chi connectivity index (χ0n) is 22.2. The molecule has 10 heteroatoms. The van der Waals surface area contributed by atoms with Crippen molar-refractivity contribution in [2.24, 2.45) is 0 Å². The number of halogens is 3. The number of alkyl halides is 3. The van der Waals surface area contributed by atoms with Gasteiger partial charge in [-0.1, -0.05) is 42.5 Å². The van der Waals surface area contributed by atoms with Crippen LogP contribution in [-0.4, -0.2) is 58.7 Å². The summed E-state index contributed by atoms with van der Waals surface area (Å²) < 4.78 is 50.2. The van der Waals surface area contributed by atoms with Crippen molar-refractivity contribution in [3.05, 3.63) is 95.6 Å². The van der Waals surface area contributed by atoms with E-state index in [-0.39, 0.29) is 25.0 Å². The summed E-state index contributed by atoms with van der Waals surface area (Å²) in [6.07, 6.45) is -3.74. The summed E-state index contributed by atoms with van der Waals surface area (Å²) in [6, 6.07) is 20.4. The van der Waals surface area contributed by atoms with E-state index in [1.54, 1.807) is 59.3 Å². The third-order valence-corrected chi connectivity index (χ3v) is 6.90. The quantitative estimate of drug-likeness (QED) is 0.319. The molecule has 3 aromatic rings. The predicted octanol–water partition coefficient (Wildman–Crippen LogP) is 5.88. The lowest BCUT2D eigenvalue weighted by molar-refractivity contribution is -0.153. The summed E-state index contributed by atoms with van der Waals surface area (Å²) in [4.78, 5) is 28.0. The summed E-state index contributed by atoms with van der Waals surface area (Å²) >= 11 is 0. The van der Waals surface area contributed by atoms with Crippen LogP contribution in [0.4, 0.5) is 18.0 Å². The van der Waals surface area contributed by atoms with Crippen LogP contribution in [0.2, 0.25) is 0 Å². The van der Waals surface area contributed by atoms with E-state index in [2.05, 4.69) is 0 Å². The normalized spacial score (nSPS) is 17.0. The molecule has 1 saturated heterocycles. The molecule has 1 heterocycles. The van der Waals surface area contributed by atoms with Gasteiger partial charge in [0.1, 0.15) is 11.5 Å². The van der Waals surface area contributed by atoms with Crippen LogP contribution in [0.25, 0.3) is 0 Å². The number of amides is 2. The highest BCUT2D eigenvalue weighted by atomic mass is 19.4. The number of benzene rings is 3. The first-order valence-corrected chi connectivity index (χ1v) is 12.8. The number of ether oxygens (including phenoxy) is 2. The fourth-order valence-electron chi connectivity index (χ4n) is 4.62. The maximum absolute atomic E-state index is 12.8. The number of rotatable bonds is 11. The molecule has 0 bridgehead atoms. The van der Waals surface area contributed by atoms with E-state index in [0.717, 1.165) is 17.7 Å². The second kappa shape index (κ2) is 11.9. The number of aliphatic carboxylic acids is 1. The molecule has 3 aromatic carbocycles. The molecule has 212 valence electrons. The van der Waals surface area contributed by atoms with Crippen LogP contribution in [0, 0.1) is 0 Å². The number of para-hydroxylation sites is 1. The van der Waals surface area contributed by atoms with Crippen molar-refractivity contribution in [1.82, 2.24) is 9.80 Å². The van der Waals surface area contributed by atoms with E-state index in [9.17, 15) is 27.9 Å². The first-order chi connectivity index (χ1) is 18.9. The summed E-state index contributed by atoms with van der Waals surface area (Å²) in [7, 11) is 1.69. The zero-order valence-corrected chi connectivity index (χ0v) is 22.2. The first-order valence-electron chi connectivity index (χ1n) is 12.8. The van der Waals surface area contributed by atoms with Crippen molar-refractivity contribution in [3.63, 3.8) is 0 Å². The SMILES string of the molecule is CN1C(=O)N(Cc2ccc(C(F)(F)F)cc2)CC1CCOc1cccc(CC(C)(Oc2ccccc2)C(=O)O)c1. The Morgan fingerprint density at radius 1 is 0.975 bits per heavy atom. The number of carboxylic acids is 1. The molecule has 0 saturated carbocycles. The minimum absolute atomic E-state index is 0.118. The highest BCUT2D eigenvalue weighted by molar-refractivity contribution is 5.78. The molecule has 40 heavy (non-hydrogen) atoms. The smallest absolute Gasteiger partial charge is 0.416 e. The lowest BCUT2D eigenvalue weighted by Gasteiger charge is -2.26. The van der Waals surface area contributed by atoms with E-state index in [1.807, 2.05) is 12.1 Å². The molecule has 0 aromatic heterocycles. The molecule has 1 N–H and O–H groups in total. The Kier molecular flexibility index (Phi) is 8.56. The Balaban J connectivity index is 1.31. The highest BCUT2D eigenvalue weighted by Gasteiger charge is 2.37.